The number of ether oxygens (including phenoxy) is 2. The number of aliphatic hydroxyl groups excluding tert-OH is 1. The first-order valence-electron chi connectivity index (χ1n) is 11.8. The zero-order valence-corrected chi connectivity index (χ0v) is 15.3. The van der Waals surface area contributed by atoms with E-state index in [1.54, 1.807) is 11.0 Å². The number of phosphoric acid groups is 1. The highest BCUT2D eigenvalue weighted by molar-refractivity contribution is 7.45. The van der Waals surface area contributed by atoms with Crippen molar-refractivity contribution in [1.29, 1.82) is 0 Å². The smallest absolute Gasteiger partial charge is 0.466 e. The minimum Gasteiger partial charge on any atom is -0.493 e. The number of piperidine rings is 1. The van der Waals surface area contributed by atoms with Crippen LogP contribution in [0.15, 0.2) is 12.1 Å². The predicted molar refractivity (Wildman–Crippen MR) is 96.8 cm³/mol. The Kier molecular flexibility index (Phi) is 3.13. The summed E-state index contributed by atoms with van der Waals surface area (Å²) in [5, 5.41) is 10.7. The van der Waals surface area contributed by atoms with E-state index in [4.69, 9.17) is 36.9 Å². The van der Waals surface area contributed by atoms with Crippen LogP contribution in [0.2, 0.25) is 0 Å². The van der Waals surface area contributed by atoms with Gasteiger partial charge in [-0.15, -0.1) is 0 Å². The minimum atomic E-state index is -4.64. The van der Waals surface area contributed by atoms with Crippen molar-refractivity contribution in [2.24, 2.45) is 5.92 Å². The molecule has 1 saturated carbocycles. The summed E-state index contributed by atoms with van der Waals surface area (Å²) < 4.78 is 66.5. The van der Waals surface area contributed by atoms with Gasteiger partial charge in [0.05, 0.1) is 17.3 Å². The summed E-state index contributed by atoms with van der Waals surface area (Å²) in [6.45, 7) is -1.77. The fourth-order valence-corrected chi connectivity index (χ4v) is 5.59. The molecule has 2 heterocycles. The van der Waals surface area contributed by atoms with Gasteiger partial charge in [-0.2, -0.15) is 0 Å². The van der Waals surface area contributed by atoms with Gasteiger partial charge in [-0.25, -0.2) is 4.57 Å². The number of rotatable bonds is 1. The zero-order chi connectivity index (χ0) is 24.6. The largest absolute Gasteiger partial charge is 0.493 e. The first-order valence-corrected chi connectivity index (χ1v) is 10.3. The molecule has 4 N–H and O–H groups in total. The molecule has 27 heavy (non-hydrogen) atoms. The van der Waals surface area contributed by atoms with Crippen molar-refractivity contribution in [3.8, 4) is 11.5 Å². The molecule has 5 atom stereocenters. The molecular formula is C18H26NO7P. The third-order valence-corrected chi connectivity index (χ3v) is 6.38. The third kappa shape index (κ3) is 2.90. The van der Waals surface area contributed by atoms with Crippen molar-refractivity contribution >= 4 is 7.82 Å². The van der Waals surface area contributed by atoms with Gasteiger partial charge in [0, 0.05) is 21.1 Å². The molecule has 9 heteroatoms. The van der Waals surface area contributed by atoms with E-state index in [1.807, 2.05) is 6.07 Å². The molecule has 0 radical (unpaired) electrons. The Bertz CT molecular complexity index is 974. The fourth-order valence-electron chi connectivity index (χ4n) is 5.59. The van der Waals surface area contributed by atoms with E-state index in [1.165, 1.54) is 0 Å². The summed E-state index contributed by atoms with van der Waals surface area (Å²) in [7, 11) is -7.24. The number of likely N-dealkylation sites (tertiary alicyclic amines) is 1. The zero-order valence-electron chi connectivity index (χ0n) is 20.4. The number of hydrogen-bond donors (Lipinski definition) is 4. The highest BCUT2D eigenvalue weighted by atomic mass is 31.2. The van der Waals surface area contributed by atoms with E-state index in [9.17, 15) is 5.11 Å². The number of nitrogens with zero attached hydrogens (tertiary/aromatic N) is 1. The maximum atomic E-state index is 10.7. The highest BCUT2D eigenvalue weighted by Gasteiger charge is 2.65. The van der Waals surface area contributed by atoms with Crippen molar-refractivity contribution in [2.75, 3.05) is 20.6 Å². The van der Waals surface area contributed by atoms with Crippen molar-refractivity contribution < 1.29 is 42.1 Å². The molecule has 5 rings (SSSR count). The molecule has 150 valence electrons. The average molecular weight is 405 g/mol. The fraction of sp³-hybridized carbons (Fsp3) is 0.667. The second-order valence-electron chi connectivity index (χ2n) is 7.59. The SMILES string of the molecule is O=P(O)(O)O.[2H]C([2H])([2H])Oc1ccc2c3c1O[C@H]1[C@@H](O)CC[C@H]4[C@@H](C2)N(C([2H])([2H])[2H])CC[C@@]341. The van der Waals surface area contributed by atoms with E-state index in [0.29, 0.717) is 31.6 Å². The minimum absolute atomic E-state index is 0.0480. The molecule has 0 aromatic heterocycles. The van der Waals surface area contributed by atoms with E-state index in [0.717, 1.165) is 17.5 Å². The molecule has 1 aromatic carbocycles. The molecule has 0 amide bonds. The van der Waals surface area contributed by atoms with Crippen molar-refractivity contribution in [2.45, 2.75) is 49.3 Å². The van der Waals surface area contributed by atoms with E-state index in [2.05, 4.69) is 0 Å². The Balaban J connectivity index is 0.000000471. The molecule has 2 aliphatic heterocycles. The maximum absolute atomic E-state index is 10.7. The monoisotopic (exact) mass is 405 g/mol. The standard InChI is InChI=1S/C18H23NO3.H3O4P/c1-19-8-7-18-11-4-5-13(20)17(18)22-16-14(21-2)6-3-10(15(16)18)9-12(11)19;1-5(2,3)4/h3,6,11-13,17,20H,4-5,7-9H2,1-2H3;(H3,1,2,3,4)/t11-,12+,13-,17-,18-;/m0./s1/i1D3,2D3;. The van der Waals surface area contributed by atoms with Crippen LogP contribution in [0.4, 0.5) is 0 Å². The Morgan fingerprint density at radius 3 is 2.85 bits per heavy atom. The molecule has 2 fully saturated rings. The topological polar surface area (TPSA) is 120 Å². The van der Waals surface area contributed by atoms with Crippen LogP contribution in [0.3, 0.4) is 0 Å². The Labute approximate surface area is 166 Å². The van der Waals surface area contributed by atoms with E-state index >= 15 is 0 Å². The lowest BCUT2D eigenvalue weighted by molar-refractivity contribution is -0.0993. The summed E-state index contributed by atoms with van der Waals surface area (Å²) in [5.41, 5.74) is 1.42. The van der Waals surface area contributed by atoms with Gasteiger partial charge < -0.3 is 34.2 Å². The van der Waals surface area contributed by atoms with E-state index < -0.39 is 39.5 Å². The Hall–Kier alpha value is -1.15. The first kappa shape index (κ1) is 13.1. The number of methoxy groups -OCH3 is 1. The van der Waals surface area contributed by atoms with Crippen molar-refractivity contribution in [3.63, 3.8) is 0 Å². The number of likely N-dealkylation sites (N-methyl/N-ethyl adjacent to an activating group) is 1. The van der Waals surface area contributed by atoms with Crippen molar-refractivity contribution in [3.05, 3.63) is 23.3 Å². The normalized spacial score (nSPS) is 40.4. The molecule has 1 saturated heterocycles. The van der Waals surface area contributed by atoms with Crippen molar-refractivity contribution in [1.82, 2.24) is 4.90 Å². The van der Waals surface area contributed by atoms with Gasteiger partial charge >= 0.3 is 7.82 Å². The third-order valence-electron chi connectivity index (χ3n) is 6.38. The molecule has 0 unspecified atom stereocenters. The quantitative estimate of drug-likeness (QED) is 0.507. The second kappa shape index (κ2) is 6.44. The highest BCUT2D eigenvalue weighted by Crippen LogP contribution is 2.63. The molecule has 4 aliphatic rings. The lowest BCUT2D eigenvalue weighted by Crippen LogP contribution is -2.66. The van der Waals surface area contributed by atoms with Crippen LogP contribution in [0.1, 0.15) is 38.6 Å². The van der Waals surface area contributed by atoms with Crippen LogP contribution in [0.5, 0.6) is 11.5 Å². The van der Waals surface area contributed by atoms with Crippen LogP contribution < -0.4 is 9.47 Å². The first-order chi connectivity index (χ1) is 15.0. The van der Waals surface area contributed by atoms with Gasteiger partial charge in [0.15, 0.2) is 11.5 Å². The Morgan fingerprint density at radius 2 is 2.15 bits per heavy atom. The van der Waals surface area contributed by atoms with Crippen LogP contribution in [0.25, 0.3) is 0 Å². The van der Waals surface area contributed by atoms with Crippen LogP contribution >= 0.6 is 7.82 Å². The summed E-state index contributed by atoms with van der Waals surface area (Å²) in [5.74, 6) is 0.641. The Morgan fingerprint density at radius 1 is 1.37 bits per heavy atom. The number of aliphatic hydroxyl groups is 1. The van der Waals surface area contributed by atoms with Crippen LogP contribution in [0, 0.1) is 5.92 Å². The van der Waals surface area contributed by atoms with Gasteiger partial charge in [0.25, 0.3) is 0 Å². The van der Waals surface area contributed by atoms with Gasteiger partial charge in [0.1, 0.15) is 6.10 Å². The maximum Gasteiger partial charge on any atom is 0.466 e. The van der Waals surface area contributed by atoms with E-state index in [-0.39, 0.29) is 17.7 Å². The van der Waals surface area contributed by atoms with Crippen LogP contribution in [-0.2, 0) is 16.4 Å². The summed E-state index contributed by atoms with van der Waals surface area (Å²) >= 11 is 0. The molecule has 1 aromatic rings. The van der Waals surface area contributed by atoms with Gasteiger partial charge in [-0.05, 0) is 56.8 Å². The number of benzene rings is 1. The number of hydrogen-bond acceptors (Lipinski definition) is 5. The second-order valence-corrected chi connectivity index (χ2v) is 8.61. The van der Waals surface area contributed by atoms with Gasteiger partial charge in [0.2, 0.25) is 0 Å². The van der Waals surface area contributed by atoms with Crippen LogP contribution in [-0.4, -0.2) is 63.5 Å². The molecule has 2 bridgehead atoms. The average Bonchev–Trinajstić information content (AvgIpc) is 2.96. The summed E-state index contributed by atoms with van der Waals surface area (Å²) in [6, 6.07) is 3.28. The lowest BCUT2D eigenvalue weighted by atomic mass is 9.51. The lowest BCUT2D eigenvalue weighted by Gasteiger charge is -2.58. The molecular weight excluding hydrogens is 373 g/mol. The summed E-state index contributed by atoms with van der Waals surface area (Å²) in [6.07, 6.45) is 1.24. The molecule has 2 aliphatic carbocycles. The van der Waals surface area contributed by atoms with Gasteiger partial charge in [-0.3, -0.25) is 0 Å². The molecule has 8 nitrogen and oxygen atoms in total. The molecule has 1 spiro atoms. The van der Waals surface area contributed by atoms with Gasteiger partial charge in [-0.1, -0.05) is 6.07 Å². The predicted octanol–water partition coefficient (Wildman–Crippen LogP) is 0.796. The summed E-state index contributed by atoms with van der Waals surface area (Å²) in [4.78, 5) is 23.2.